The molecule has 2 aliphatic rings. The number of hydrogen-bond donors (Lipinski definition) is 1. The summed E-state index contributed by atoms with van der Waals surface area (Å²) in [4.78, 5) is 12.6. The van der Waals surface area contributed by atoms with Crippen molar-refractivity contribution in [3.8, 4) is 0 Å². The van der Waals surface area contributed by atoms with Gasteiger partial charge in [-0.3, -0.25) is 9.48 Å². The molecule has 0 bridgehead atoms. The number of amides is 1. The Balaban J connectivity index is 1.77. The predicted molar refractivity (Wildman–Crippen MR) is 84.8 cm³/mol. The fourth-order valence-corrected chi connectivity index (χ4v) is 3.06. The average molecular weight is 303 g/mol. The number of hydrogen-bond acceptors (Lipinski definition) is 3. The molecule has 2 atom stereocenters. The highest BCUT2D eigenvalue weighted by atomic mass is 16.5. The second-order valence-corrected chi connectivity index (χ2v) is 6.30. The van der Waals surface area contributed by atoms with Crippen LogP contribution in [0.3, 0.4) is 0 Å². The van der Waals surface area contributed by atoms with E-state index >= 15 is 0 Å². The Morgan fingerprint density at radius 2 is 2.23 bits per heavy atom. The zero-order chi connectivity index (χ0) is 15.7. The molecule has 120 valence electrons. The maximum Gasteiger partial charge on any atom is 0.270 e. The van der Waals surface area contributed by atoms with E-state index in [1.54, 1.807) is 0 Å². The molecule has 5 nitrogen and oxygen atoms in total. The van der Waals surface area contributed by atoms with Crippen LogP contribution in [0.1, 0.15) is 61.5 Å². The van der Waals surface area contributed by atoms with Crippen molar-refractivity contribution in [2.45, 2.75) is 58.8 Å². The fourth-order valence-electron chi connectivity index (χ4n) is 3.06. The van der Waals surface area contributed by atoms with Crippen LogP contribution in [0.4, 0.5) is 0 Å². The first-order chi connectivity index (χ1) is 10.6. The second kappa shape index (κ2) is 6.24. The average Bonchev–Trinajstić information content (AvgIpc) is 3.22. The summed E-state index contributed by atoms with van der Waals surface area (Å²) in [5.41, 5.74) is 2.68. The zero-order valence-electron chi connectivity index (χ0n) is 13.6. The Morgan fingerprint density at radius 1 is 1.45 bits per heavy atom. The zero-order valence-corrected chi connectivity index (χ0v) is 13.6. The number of allylic oxidation sites excluding steroid dienone is 1. The minimum absolute atomic E-state index is 0.0302. The van der Waals surface area contributed by atoms with Crippen LogP contribution in [-0.4, -0.2) is 28.3 Å². The molecule has 1 aromatic rings. The van der Waals surface area contributed by atoms with Crippen molar-refractivity contribution in [3.63, 3.8) is 0 Å². The van der Waals surface area contributed by atoms with Crippen LogP contribution in [0.2, 0.25) is 0 Å². The van der Waals surface area contributed by atoms with Crippen molar-refractivity contribution >= 4 is 5.91 Å². The van der Waals surface area contributed by atoms with Crippen molar-refractivity contribution in [3.05, 3.63) is 29.1 Å². The molecule has 0 unspecified atom stereocenters. The van der Waals surface area contributed by atoms with Gasteiger partial charge in [0.25, 0.3) is 5.91 Å². The predicted octanol–water partition coefficient (Wildman–Crippen LogP) is 2.62. The Labute approximate surface area is 131 Å². The summed E-state index contributed by atoms with van der Waals surface area (Å²) < 4.78 is 7.63. The van der Waals surface area contributed by atoms with E-state index in [2.05, 4.69) is 22.6 Å². The highest BCUT2D eigenvalue weighted by Crippen LogP contribution is 2.31. The molecular formula is C17H25N3O2. The molecular weight excluding hydrogens is 278 g/mol. The van der Waals surface area contributed by atoms with Crippen LogP contribution in [0.5, 0.6) is 0 Å². The molecule has 0 saturated heterocycles. The van der Waals surface area contributed by atoms with E-state index in [4.69, 9.17) is 4.74 Å². The molecule has 1 saturated carbocycles. The number of aromatic nitrogens is 2. The lowest BCUT2D eigenvalue weighted by Crippen LogP contribution is -2.29. The van der Waals surface area contributed by atoms with Crippen molar-refractivity contribution < 1.29 is 9.53 Å². The van der Waals surface area contributed by atoms with Crippen LogP contribution < -0.4 is 5.32 Å². The van der Waals surface area contributed by atoms with Gasteiger partial charge in [0, 0.05) is 25.1 Å². The number of nitrogens with zero attached hydrogens (tertiary/aromatic N) is 2. The van der Waals surface area contributed by atoms with E-state index in [0.29, 0.717) is 18.8 Å². The van der Waals surface area contributed by atoms with Gasteiger partial charge in [0.05, 0.1) is 17.9 Å². The van der Waals surface area contributed by atoms with E-state index in [1.165, 1.54) is 12.8 Å². The van der Waals surface area contributed by atoms with Crippen LogP contribution in [0, 0.1) is 5.92 Å². The summed E-state index contributed by atoms with van der Waals surface area (Å²) in [6, 6.07) is 0. The van der Waals surface area contributed by atoms with E-state index in [1.807, 2.05) is 25.5 Å². The van der Waals surface area contributed by atoms with Gasteiger partial charge in [0.2, 0.25) is 0 Å². The molecule has 0 radical (unpaired) electrons. The van der Waals surface area contributed by atoms with Gasteiger partial charge in [0.15, 0.2) is 0 Å². The van der Waals surface area contributed by atoms with E-state index in [0.717, 1.165) is 23.6 Å². The highest BCUT2D eigenvalue weighted by Gasteiger charge is 2.31. The van der Waals surface area contributed by atoms with Crippen molar-refractivity contribution in [2.24, 2.45) is 5.92 Å². The lowest BCUT2D eigenvalue weighted by molar-refractivity contribution is -0.00712. The molecule has 3 rings (SSSR count). The quantitative estimate of drug-likeness (QED) is 0.851. The van der Waals surface area contributed by atoms with E-state index < -0.39 is 0 Å². The van der Waals surface area contributed by atoms with Crippen molar-refractivity contribution in [1.29, 1.82) is 0 Å². The Morgan fingerprint density at radius 3 is 2.91 bits per heavy atom. The third-order valence-electron chi connectivity index (χ3n) is 4.32. The number of rotatable bonds is 5. The van der Waals surface area contributed by atoms with Gasteiger partial charge < -0.3 is 10.1 Å². The van der Waals surface area contributed by atoms with Gasteiger partial charge >= 0.3 is 0 Å². The Hall–Kier alpha value is -1.62. The molecule has 5 heteroatoms. The molecule has 1 aromatic heterocycles. The third kappa shape index (κ3) is 3.09. The molecule has 1 aliphatic carbocycles. The molecule has 1 aliphatic heterocycles. The van der Waals surface area contributed by atoms with Gasteiger partial charge in [-0.2, -0.15) is 5.10 Å². The van der Waals surface area contributed by atoms with Gasteiger partial charge in [0.1, 0.15) is 5.69 Å². The number of ether oxygens (including phenoxy) is 1. The first-order valence-corrected chi connectivity index (χ1v) is 8.30. The SMILES string of the molecule is CCn1nc2c(c1C(=O)NC/C=C/C1CC1)C[C@H](C)O[C@@H]2C. The minimum Gasteiger partial charge on any atom is -0.369 e. The summed E-state index contributed by atoms with van der Waals surface area (Å²) in [5, 5.41) is 7.58. The molecule has 0 aromatic carbocycles. The van der Waals surface area contributed by atoms with E-state index in [9.17, 15) is 4.79 Å². The maximum absolute atomic E-state index is 12.6. The van der Waals surface area contributed by atoms with Gasteiger partial charge in [-0.15, -0.1) is 0 Å². The third-order valence-corrected chi connectivity index (χ3v) is 4.32. The first-order valence-electron chi connectivity index (χ1n) is 8.30. The lowest BCUT2D eigenvalue weighted by atomic mass is 9.99. The smallest absolute Gasteiger partial charge is 0.270 e. The van der Waals surface area contributed by atoms with Crippen LogP contribution in [0.25, 0.3) is 0 Å². The molecule has 1 N–H and O–H groups in total. The Kier molecular flexibility index (Phi) is 4.34. The fraction of sp³-hybridized carbons (Fsp3) is 0.647. The van der Waals surface area contributed by atoms with Crippen LogP contribution in [0.15, 0.2) is 12.2 Å². The standard InChI is InChI=1S/C17H25N3O2/c1-4-20-16(17(21)18-9-5-6-13-7-8-13)14-10-11(2)22-12(3)15(14)19-20/h5-6,11-13H,4,7-10H2,1-3H3,(H,18,21)/b6-5+/t11-,12+/m0/s1. The van der Waals surface area contributed by atoms with E-state index in [-0.39, 0.29) is 18.1 Å². The summed E-state index contributed by atoms with van der Waals surface area (Å²) >= 11 is 0. The largest absolute Gasteiger partial charge is 0.369 e. The number of aryl methyl sites for hydroxylation is 1. The molecule has 22 heavy (non-hydrogen) atoms. The number of fused-ring (bicyclic) bond motifs is 1. The summed E-state index contributed by atoms with van der Waals surface area (Å²) in [7, 11) is 0. The molecule has 2 heterocycles. The monoisotopic (exact) mass is 303 g/mol. The van der Waals surface area contributed by atoms with Gasteiger partial charge in [-0.25, -0.2) is 0 Å². The summed E-state index contributed by atoms with van der Waals surface area (Å²) in [5.74, 6) is 0.710. The summed E-state index contributed by atoms with van der Waals surface area (Å²) in [6.07, 6.45) is 7.66. The second-order valence-electron chi connectivity index (χ2n) is 6.30. The lowest BCUT2D eigenvalue weighted by Gasteiger charge is -2.24. The van der Waals surface area contributed by atoms with Gasteiger partial charge in [-0.05, 0) is 39.5 Å². The topological polar surface area (TPSA) is 56.2 Å². The maximum atomic E-state index is 12.6. The number of carbonyl (C=O) groups excluding carboxylic acids is 1. The normalized spacial score (nSPS) is 24.5. The highest BCUT2D eigenvalue weighted by molar-refractivity contribution is 5.94. The van der Waals surface area contributed by atoms with Gasteiger partial charge in [-0.1, -0.05) is 12.2 Å². The van der Waals surface area contributed by atoms with Crippen LogP contribution >= 0.6 is 0 Å². The molecule has 0 spiro atoms. The Bertz CT molecular complexity index is 587. The molecule has 1 amide bonds. The first kappa shape index (κ1) is 15.3. The number of carbonyl (C=O) groups is 1. The molecule has 1 fully saturated rings. The van der Waals surface area contributed by atoms with Crippen LogP contribution in [-0.2, 0) is 17.7 Å². The number of nitrogens with one attached hydrogen (secondary N) is 1. The van der Waals surface area contributed by atoms with Crippen molar-refractivity contribution in [2.75, 3.05) is 6.54 Å². The minimum atomic E-state index is -0.0483. The summed E-state index contributed by atoms with van der Waals surface area (Å²) in [6.45, 7) is 7.33. The van der Waals surface area contributed by atoms with Crippen molar-refractivity contribution in [1.82, 2.24) is 15.1 Å².